The van der Waals surface area contributed by atoms with Crippen molar-refractivity contribution in [2.45, 2.75) is 32.1 Å². The minimum Gasteiger partial charge on any atom is -0.373 e. The summed E-state index contributed by atoms with van der Waals surface area (Å²) >= 11 is 7.55. The maximum absolute atomic E-state index is 5.88. The Morgan fingerprint density at radius 2 is 2.25 bits per heavy atom. The average Bonchev–Trinajstić information content (AvgIpc) is 2.54. The second-order valence-electron chi connectivity index (χ2n) is 4.02. The fraction of sp³-hybridized carbons (Fsp3) is 0.583. The van der Waals surface area contributed by atoms with Crippen LogP contribution in [0.15, 0.2) is 17.1 Å². The smallest absolute Gasteiger partial charge is 0.0963 e. The average molecular weight is 257 g/mol. The Balaban J connectivity index is 1.73. The summed E-state index contributed by atoms with van der Waals surface area (Å²) in [4.78, 5) is 5.88. The fourth-order valence-electron chi connectivity index (χ4n) is 1.83. The van der Waals surface area contributed by atoms with Gasteiger partial charge in [-0.25, -0.2) is 0 Å². The third-order valence-electron chi connectivity index (χ3n) is 2.70. The first-order valence-corrected chi connectivity index (χ1v) is 7.05. The molecule has 0 radical (unpaired) electrons. The van der Waals surface area contributed by atoms with Crippen LogP contribution in [0.1, 0.15) is 30.6 Å². The van der Waals surface area contributed by atoms with E-state index in [4.69, 9.17) is 11.6 Å². The molecule has 0 fully saturated rings. The zero-order valence-electron chi connectivity index (χ0n) is 9.34. The second kappa shape index (κ2) is 6.26. The Labute approximate surface area is 106 Å². The summed E-state index contributed by atoms with van der Waals surface area (Å²) in [7, 11) is 0. The van der Waals surface area contributed by atoms with Gasteiger partial charge in [-0.2, -0.15) is 0 Å². The van der Waals surface area contributed by atoms with Crippen LogP contribution in [0, 0.1) is 0 Å². The lowest BCUT2D eigenvalue weighted by molar-refractivity contribution is 0.728. The van der Waals surface area contributed by atoms with Gasteiger partial charge in [-0.05, 0) is 31.4 Å². The molecule has 0 saturated carbocycles. The molecule has 0 saturated heterocycles. The molecule has 1 N–H and O–H groups in total. The van der Waals surface area contributed by atoms with Crippen molar-refractivity contribution in [1.82, 2.24) is 5.32 Å². The molecule has 4 heteroatoms. The van der Waals surface area contributed by atoms with Crippen molar-refractivity contribution in [3.05, 3.63) is 21.3 Å². The Morgan fingerprint density at radius 3 is 3.06 bits per heavy atom. The maximum atomic E-state index is 5.88. The molecule has 1 aliphatic heterocycles. The number of halogens is 1. The first-order chi connectivity index (χ1) is 7.84. The number of hydrogen-bond donors (Lipinski definition) is 1. The molecule has 2 nitrogen and oxygen atoms in total. The summed E-state index contributed by atoms with van der Waals surface area (Å²) in [5.41, 5.74) is 0. The largest absolute Gasteiger partial charge is 0.373 e. The molecule has 0 unspecified atom stereocenters. The third kappa shape index (κ3) is 3.80. The van der Waals surface area contributed by atoms with Crippen molar-refractivity contribution < 1.29 is 0 Å². The monoisotopic (exact) mass is 256 g/mol. The van der Waals surface area contributed by atoms with Gasteiger partial charge in [0.15, 0.2) is 0 Å². The highest BCUT2D eigenvalue weighted by molar-refractivity contribution is 7.16. The Bertz CT molecular complexity index is 360. The summed E-state index contributed by atoms with van der Waals surface area (Å²) in [6, 6.07) is 4.06. The molecule has 1 aromatic heterocycles. The van der Waals surface area contributed by atoms with Crippen molar-refractivity contribution >= 4 is 28.8 Å². The Hall–Kier alpha value is -0.540. The van der Waals surface area contributed by atoms with E-state index in [9.17, 15) is 0 Å². The summed E-state index contributed by atoms with van der Waals surface area (Å²) in [6.45, 7) is 1.96. The van der Waals surface area contributed by atoms with Crippen molar-refractivity contribution in [2.75, 3.05) is 13.1 Å². The van der Waals surface area contributed by atoms with E-state index in [1.807, 2.05) is 6.07 Å². The first-order valence-electron chi connectivity index (χ1n) is 5.86. The van der Waals surface area contributed by atoms with Crippen molar-refractivity contribution in [3.63, 3.8) is 0 Å². The number of rotatable bonds is 3. The lowest BCUT2D eigenvalue weighted by atomic mass is 10.2. The van der Waals surface area contributed by atoms with Crippen molar-refractivity contribution in [1.29, 1.82) is 0 Å². The standard InChI is InChI=1S/C12H17ClN2S/c13-11-6-5-10(16-11)7-9-15-12-4-2-1-3-8-14-12/h5-6H,1-4,7-9H2,(H,14,15). The molecule has 2 heterocycles. The van der Waals surface area contributed by atoms with E-state index in [1.165, 1.54) is 30.0 Å². The molecule has 0 aliphatic carbocycles. The molecular weight excluding hydrogens is 240 g/mol. The van der Waals surface area contributed by atoms with E-state index >= 15 is 0 Å². The topological polar surface area (TPSA) is 24.4 Å². The predicted octanol–water partition coefficient (Wildman–Crippen LogP) is 3.51. The predicted molar refractivity (Wildman–Crippen MR) is 71.8 cm³/mol. The zero-order chi connectivity index (χ0) is 11.2. The van der Waals surface area contributed by atoms with E-state index in [-0.39, 0.29) is 0 Å². The minimum absolute atomic E-state index is 0.877. The molecule has 0 bridgehead atoms. The van der Waals surface area contributed by atoms with Gasteiger partial charge in [0.25, 0.3) is 0 Å². The van der Waals surface area contributed by atoms with Crippen LogP contribution < -0.4 is 5.32 Å². The Kier molecular flexibility index (Phi) is 4.67. The van der Waals surface area contributed by atoms with Crippen LogP contribution in [0.5, 0.6) is 0 Å². The van der Waals surface area contributed by atoms with Gasteiger partial charge in [0.2, 0.25) is 0 Å². The van der Waals surface area contributed by atoms with Gasteiger partial charge in [0, 0.05) is 24.4 Å². The van der Waals surface area contributed by atoms with E-state index < -0.39 is 0 Å². The fourth-order valence-corrected chi connectivity index (χ4v) is 2.92. The number of thiophene rings is 1. The molecule has 88 valence electrons. The van der Waals surface area contributed by atoms with Gasteiger partial charge >= 0.3 is 0 Å². The molecule has 0 aromatic carbocycles. The molecule has 2 rings (SSSR count). The minimum atomic E-state index is 0.877. The molecule has 0 spiro atoms. The summed E-state index contributed by atoms with van der Waals surface area (Å²) < 4.78 is 0.877. The van der Waals surface area contributed by atoms with E-state index in [1.54, 1.807) is 11.3 Å². The number of nitrogens with zero attached hydrogens (tertiary/aromatic N) is 1. The zero-order valence-corrected chi connectivity index (χ0v) is 10.9. The molecule has 1 aliphatic rings. The van der Waals surface area contributed by atoms with Gasteiger partial charge in [0.05, 0.1) is 10.2 Å². The molecule has 0 atom stereocenters. The lowest BCUT2D eigenvalue weighted by Gasteiger charge is -2.06. The number of hydrogen-bond acceptors (Lipinski definition) is 3. The van der Waals surface area contributed by atoms with Crippen LogP contribution in [0.4, 0.5) is 0 Å². The van der Waals surface area contributed by atoms with Gasteiger partial charge in [-0.1, -0.05) is 18.0 Å². The number of aliphatic imine (C=N–C) groups is 1. The third-order valence-corrected chi connectivity index (χ3v) is 3.99. The van der Waals surface area contributed by atoms with Gasteiger partial charge in [-0.15, -0.1) is 11.3 Å². The highest BCUT2D eigenvalue weighted by Crippen LogP contribution is 2.21. The van der Waals surface area contributed by atoms with Crippen LogP contribution in [0.3, 0.4) is 0 Å². The van der Waals surface area contributed by atoms with Crippen LogP contribution in [0.2, 0.25) is 4.34 Å². The lowest BCUT2D eigenvalue weighted by Crippen LogP contribution is -2.25. The van der Waals surface area contributed by atoms with E-state index in [2.05, 4.69) is 16.4 Å². The van der Waals surface area contributed by atoms with Gasteiger partial charge in [-0.3, -0.25) is 4.99 Å². The second-order valence-corrected chi connectivity index (χ2v) is 5.82. The van der Waals surface area contributed by atoms with E-state index in [0.29, 0.717) is 0 Å². The van der Waals surface area contributed by atoms with E-state index in [0.717, 1.165) is 30.3 Å². The number of amidine groups is 1. The molecule has 16 heavy (non-hydrogen) atoms. The highest BCUT2D eigenvalue weighted by atomic mass is 35.5. The summed E-state index contributed by atoms with van der Waals surface area (Å²) in [6.07, 6.45) is 5.99. The molecule has 0 amide bonds. The molecular formula is C12H17ClN2S. The summed E-state index contributed by atoms with van der Waals surface area (Å²) in [5.74, 6) is 1.19. The Morgan fingerprint density at radius 1 is 1.31 bits per heavy atom. The van der Waals surface area contributed by atoms with Crippen molar-refractivity contribution in [3.8, 4) is 0 Å². The van der Waals surface area contributed by atoms with Crippen LogP contribution >= 0.6 is 22.9 Å². The van der Waals surface area contributed by atoms with Gasteiger partial charge < -0.3 is 5.32 Å². The normalized spacial score (nSPS) is 16.7. The quantitative estimate of drug-likeness (QED) is 0.880. The summed E-state index contributed by atoms with van der Waals surface area (Å²) in [5, 5.41) is 3.43. The van der Waals surface area contributed by atoms with Crippen LogP contribution in [-0.2, 0) is 6.42 Å². The van der Waals surface area contributed by atoms with Crippen molar-refractivity contribution in [2.24, 2.45) is 4.99 Å². The van der Waals surface area contributed by atoms with Gasteiger partial charge in [0.1, 0.15) is 0 Å². The van der Waals surface area contributed by atoms with Crippen LogP contribution in [-0.4, -0.2) is 18.9 Å². The maximum Gasteiger partial charge on any atom is 0.0963 e. The first kappa shape index (κ1) is 11.9. The molecule has 1 aromatic rings. The highest BCUT2D eigenvalue weighted by Gasteiger charge is 2.03. The number of nitrogens with one attached hydrogen (secondary N) is 1. The van der Waals surface area contributed by atoms with Crippen LogP contribution in [0.25, 0.3) is 0 Å². The SMILES string of the molecule is Clc1ccc(CCNC2=NCCCCC2)s1.